The van der Waals surface area contributed by atoms with Crippen LogP contribution < -0.4 is 4.90 Å². The van der Waals surface area contributed by atoms with Gasteiger partial charge in [0.2, 0.25) is 5.91 Å². The highest BCUT2D eigenvalue weighted by molar-refractivity contribution is 7.17. The van der Waals surface area contributed by atoms with E-state index in [2.05, 4.69) is 42.7 Å². The van der Waals surface area contributed by atoms with Crippen molar-refractivity contribution in [1.82, 2.24) is 35.1 Å². The number of amides is 1. The number of nitrogens with zero attached hydrogens (tertiary/aromatic N) is 8. The topological polar surface area (TPSA) is 92.9 Å². The van der Waals surface area contributed by atoms with Crippen molar-refractivity contribution in [2.24, 2.45) is 0 Å². The first-order chi connectivity index (χ1) is 11.7. The Morgan fingerprint density at radius 1 is 1.25 bits per heavy atom. The molecule has 0 radical (unpaired) electrons. The minimum atomic E-state index is 0.0292. The summed E-state index contributed by atoms with van der Waals surface area (Å²) in [4.78, 5) is 26.2. The van der Waals surface area contributed by atoms with Crippen LogP contribution in [0.5, 0.6) is 0 Å². The van der Waals surface area contributed by atoms with Crippen LogP contribution in [0.15, 0.2) is 18.0 Å². The maximum atomic E-state index is 12.3. The van der Waals surface area contributed by atoms with Crippen LogP contribution in [-0.4, -0.2) is 67.2 Å². The average molecular weight is 344 g/mol. The lowest BCUT2D eigenvalue weighted by Gasteiger charge is -2.35. The van der Waals surface area contributed by atoms with Crippen molar-refractivity contribution in [1.29, 1.82) is 0 Å². The van der Waals surface area contributed by atoms with Crippen LogP contribution in [0.1, 0.15) is 5.56 Å². The van der Waals surface area contributed by atoms with Gasteiger partial charge in [0, 0.05) is 26.2 Å². The second kappa shape index (κ2) is 6.11. The molecule has 1 amide bonds. The molecule has 24 heavy (non-hydrogen) atoms. The summed E-state index contributed by atoms with van der Waals surface area (Å²) in [6, 6.07) is 0. The van der Waals surface area contributed by atoms with Gasteiger partial charge < -0.3 is 9.80 Å². The molecular weight excluding hydrogens is 328 g/mol. The van der Waals surface area contributed by atoms with E-state index in [0.717, 1.165) is 29.1 Å². The van der Waals surface area contributed by atoms with Crippen molar-refractivity contribution in [2.45, 2.75) is 13.5 Å². The Morgan fingerprint density at radius 3 is 2.83 bits per heavy atom. The van der Waals surface area contributed by atoms with Crippen LogP contribution >= 0.6 is 11.3 Å². The van der Waals surface area contributed by atoms with Crippen molar-refractivity contribution in [3.8, 4) is 0 Å². The summed E-state index contributed by atoms with van der Waals surface area (Å²) >= 11 is 1.64. The largest absolute Gasteiger partial charge is 0.352 e. The lowest BCUT2D eigenvalue weighted by Crippen LogP contribution is -2.50. The first kappa shape index (κ1) is 14.9. The lowest BCUT2D eigenvalue weighted by atomic mass is 10.2. The molecule has 0 unspecified atom stereocenters. The molecule has 10 heteroatoms. The third-order valence-corrected chi connectivity index (χ3v) is 5.16. The molecule has 124 valence electrons. The summed E-state index contributed by atoms with van der Waals surface area (Å²) in [5, 5.41) is 14.0. The summed E-state index contributed by atoms with van der Waals surface area (Å²) in [7, 11) is 0. The maximum Gasteiger partial charge on any atom is 0.244 e. The van der Waals surface area contributed by atoms with Crippen molar-refractivity contribution in [3.63, 3.8) is 0 Å². The SMILES string of the molecule is Cc1csc2ncnc(N3CCN(C(=O)Cn4cnnn4)CC3)c12. The highest BCUT2D eigenvalue weighted by Crippen LogP contribution is 2.31. The number of rotatable bonds is 3. The van der Waals surface area contributed by atoms with Crippen molar-refractivity contribution >= 4 is 33.3 Å². The molecule has 0 aromatic carbocycles. The van der Waals surface area contributed by atoms with E-state index in [-0.39, 0.29) is 12.5 Å². The number of carbonyl (C=O) groups is 1. The van der Waals surface area contributed by atoms with Crippen molar-refractivity contribution in [3.05, 3.63) is 23.6 Å². The minimum absolute atomic E-state index is 0.0292. The Labute approximate surface area is 141 Å². The van der Waals surface area contributed by atoms with Gasteiger partial charge >= 0.3 is 0 Å². The van der Waals surface area contributed by atoms with E-state index in [1.165, 1.54) is 16.6 Å². The Hall–Kier alpha value is -2.62. The van der Waals surface area contributed by atoms with Crippen LogP contribution in [0.2, 0.25) is 0 Å². The van der Waals surface area contributed by atoms with Crippen LogP contribution in [-0.2, 0) is 11.3 Å². The quantitative estimate of drug-likeness (QED) is 0.676. The zero-order valence-electron chi connectivity index (χ0n) is 13.2. The number of aromatic nitrogens is 6. The second-order valence-electron chi connectivity index (χ2n) is 5.67. The third kappa shape index (κ3) is 2.68. The van der Waals surface area contributed by atoms with Gasteiger partial charge in [0.25, 0.3) is 0 Å². The predicted molar refractivity (Wildman–Crippen MR) is 88.8 cm³/mol. The molecule has 1 fully saturated rings. The number of aryl methyl sites for hydroxylation is 1. The van der Waals surface area contributed by atoms with Crippen LogP contribution in [0, 0.1) is 6.92 Å². The molecule has 3 aromatic heterocycles. The highest BCUT2D eigenvalue weighted by atomic mass is 32.1. The number of piperazine rings is 1. The van der Waals surface area contributed by atoms with Crippen LogP contribution in [0.3, 0.4) is 0 Å². The molecule has 4 heterocycles. The van der Waals surface area contributed by atoms with E-state index in [1.54, 1.807) is 17.7 Å². The van der Waals surface area contributed by atoms with Crippen LogP contribution in [0.4, 0.5) is 5.82 Å². The first-order valence-electron chi connectivity index (χ1n) is 7.64. The van der Waals surface area contributed by atoms with E-state index in [1.807, 2.05) is 4.90 Å². The maximum absolute atomic E-state index is 12.3. The molecule has 3 aromatic rings. The van der Waals surface area contributed by atoms with Gasteiger partial charge in [-0.25, -0.2) is 14.6 Å². The number of hydrogen-bond acceptors (Lipinski definition) is 8. The Balaban J connectivity index is 1.46. The van der Waals surface area contributed by atoms with Gasteiger partial charge in [0.05, 0.1) is 5.39 Å². The second-order valence-corrected chi connectivity index (χ2v) is 6.53. The van der Waals surface area contributed by atoms with E-state index in [0.29, 0.717) is 13.1 Å². The monoisotopic (exact) mass is 344 g/mol. The molecule has 0 atom stereocenters. The fraction of sp³-hybridized carbons (Fsp3) is 0.429. The molecular formula is C14H16N8OS. The smallest absolute Gasteiger partial charge is 0.244 e. The lowest BCUT2D eigenvalue weighted by molar-refractivity contribution is -0.132. The van der Waals surface area contributed by atoms with Gasteiger partial charge in [-0.15, -0.1) is 16.4 Å². The van der Waals surface area contributed by atoms with E-state index < -0.39 is 0 Å². The molecule has 1 aliphatic heterocycles. The van der Waals surface area contributed by atoms with Crippen molar-refractivity contribution < 1.29 is 4.79 Å². The normalized spacial score (nSPS) is 15.2. The number of anilines is 1. The van der Waals surface area contributed by atoms with Gasteiger partial charge in [-0.05, 0) is 28.3 Å². The average Bonchev–Trinajstić information content (AvgIpc) is 3.25. The Morgan fingerprint density at radius 2 is 2.08 bits per heavy atom. The number of thiophene rings is 1. The summed E-state index contributed by atoms with van der Waals surface area (Å²) < 4.78 is 1.44. The number of fused-ring (bicyclic) bond motifs is 1. The van der Waals surface area contributed by atoms with Gasteiger partial charge in [-0.3, -0.25) is 4.79 Å². The van der Waals surface area contributed by atoms with Gasteiger partial charge in [-0.1, -0.05) is 0 Å². The molecule has 9 nitrogen and oxygen atoms in total. The summed E-state index contributed by atoms with van der Waals surface area (Å²) in [6.45, 7) is 5.09. The van der Waals surface area contributed by atoms with E-state index >= 15 is 0 Å². The number of hydrogen-bond donors (Lipinski definition) is 0. The minimum Gasteiger partial charge on any atom is -0.352 e. The number of carbonyl (C=O) groups excluding carboxylic acids is 1. The van der Waals surface area contributed by atoms with Crippen LogP contribution in [0.25, 0.3) is 10.2 Å². The molecule has 1 saturated heterocycles. The summed E-state index contributed by atoms with van der Waals surface area (Å²) in [6.07, 6.45) is 3.06. The predicted octanol–water partition coefficient (Wildman–Crippen LogP) is 0.335. The van der Waals surface area contributed by atoms with Gasteiger partial charge in [-0.2, -0.15) is 0 Å². The first-order valence-corrected chi connectivity index (χ1v) is 8.52. The van der Waals surface area contributed by atoms with Gasteiger partial charge in [0.1, 0.15) is 29.8 Å². The summed E-state index contributed by atoms with van der Waals surface area (Å²) in [5.74, 6) is 0.993. The standard InChI is InChI=1S/C14H16N8OS/c1-10-7-24-14-12(10)13(15-8-16-14)21-4-2-20(3-5-21)11(23)6-22-9-17-18-19-22/h7-9H,2-6H2,1H3. The molecule has 0 bridgehead atoms. The fourth-order valence-electron chi connectivity index (χ4n) is 2.90. The van der Waals surface area contributed by atoms with Gasteiger partial charge in [0.15, 0.2) is 0 Å². The number of tetrazole rings is 1. The Kier molecular flexibility index (Phi) is 3.81. The zero-order valence-corrected chi connectivity index (χ0v) is 14.0. The summed E-state index contributed by atoms with van der Waals surface area (Å²) in [5.41, 5.74) is 1.20. The zero-order chi connectivity index (χ0) is 16.5. The molecule has 0 saturated carbocycles. The molecule has 0 N–H and O–H groups in total. The molecule has 1 aliphatic rings. The fourth-order valence-corrected chi connectivity index (χ4v) is 3.78. The molecule has 0 spiro atoms. The third-order valence-electron chi connectivity index (χ3n) is 4.15. The molecule has 4 rings (SSSR count). The Bertz CT molecular complexity index is 853. The van der Waals surface area contributed by atoms with Crippen molar-refractivity contribution in [2.75, 3.05) is 31.1 Å². The molecule has 0 aliphatic carbocycles. The van der Waals surface area contributed by atoms with E-state index in [4.69, 9.17) is 0 Å². The van der Waals surface area contributed by atoms with E-state index in [9.17, 15) is 4.79 Å². The highest BCUT2D eigenvalue weighted by Gasteiger charge is 2.24.